The van der Waals surface area contributed by atoms with Gasteiger partial charge in [-0.25, -0.2) is 4.98 Å². The highest BCUT2D eigenvalue weighted by Gasteiger charge is 2.43. The SMILES string of the molecule is CC[C@H](C)C(=O)N1CCC2(CC1)Nc1cccnc1NC2=NCc1ccccc1. The summed E-state index contributed by atoms with van der Waals surface area (Å²) in [5.41, 5.74) is 1.87. The summed E-state index contributed by atoms with van der Waals surface area (Å²) in [7, 11) is 0. The fourth-order valence-electron chi connectivity index (χ4n) is 4.06. The molecule has 1 saturated heterocycles. The number of amidine groups is 1. The number of rotatable bonds is 4. The Hall–Kier alpha value is -2.89. The van der Waals surface area contributed by atoms with Crippen LogP contribution in [0.15, 0.2) is 53.7 Å². The van der Waals surface area contributed by atoms with Crippen molar-refractivity contribution in [1.82, 2.24) is 9.88 Å². The molecule has 6 nitrogen and oxygen atoms in total. The molecule has 2 N–H and O–H groups in total. The number of carbonyl (C=O) groups is 1. The molecule has 6 heteroatoms. The van der Waals surface area contributed by atoms with Gasteiger partial charge in [-0.2, -0.15) is 0 Å². The van der Waals surface area contributed by atoms with Crippen LogP contribution >= 0.6 is 0 Å². The number of piperidine rings is 1. The predicted octanol–water partition coefficient (Wildman–Crippen LogP) is 3.93. The van der Waals surface area contributed by atoms with Crippen molar-refractivity contribution < 1.29 is 4.79 Å². The van der Waals surface area contributed by atoms with Crippen LogP contribution in [0.3, 0.4) is 0 Å². The minimum absolute atomic E-state index is 0.0811. The zero-order valence-corrected chi connectivity index (χ0v) is 17.2. The van der Waals surface area contributed by atoms with Gasteiger partial charge in [0.25, 0.3) is 0 Å². The number of amides is 1. The topological polar surface area (TPSA) is 69.6 Å². The van der Waals surface area contributed by atoms with Gasteiger partial charge in [-0.3, -0.25) is 9.79 Å². The molecular formula is C23H29N5O. The molecule has 1 aromatic heterocycles. The van der Waals surface area contributed by atoms with Crippen molar-refractivity contribution in [2.24, 2.45) is 10.9 Å². The molecule has 1 aromatic carbocycles. The molecule has 0 bridgehead atoms. The summed E-state index contributed by atoms with van der Waals surface area (Å²) in [6, 6.07) is 14.2. The Kier molecular flexibility index (Phi) is 5.51. The van der Waals surface area contributed by atoms with Crippen LogP contribution in [0.5, 0.6) is 0 Å². The van der Waals surface area contributed by atoms with E-state index in [0.717, 1.165) is 49.7 Å². The highest BCUT2D eigenvalue weighted by atomic mass is 16.2. The summed E-state index contributed by atoms with van der Waals surface area (Å²) in [5, 5.41) is 7.19. The molecule has 3 heterocycles. The lowest BCUT2D eigenvalue weighted by Crippen LogP contribution is -2.59. The predicted molar refractivity (Wildman–Crippen MR) is 117 cm³/mol. The first kappa shape index (κ1) is 19.4. The smallest absolute Gasteiger partial charge is 0.225 e. The van der Waals surface area contributed by atoms with Gasteiger partial charge in [-0.1, -0.05) is 44.2 Å². The maximum Gasteiger partial charge on any atom is 0.225 e. The van der Waals surface area contributed by atoms with Crippen LogP contribution in [-0.4, -0.2) is 40.3 Å². The van der Waals surface area contributed by atoms with Crippen molar-refractivity contribution in [3.8, 4) is 0 Å². The molecule has 29 heavy (non-hydrogen) atoms. The number of pyridine rings is 1. The number of benzene rings is 1. The van der Waals surface area contributed by atoms with Gasteiger partial charge in [0, 0.05) is 25.2 Å². The first-order chi connectivity index (χ1) is 14.1. The summed E-state index contributed by atoms with van der Waals surface area (Å²) >= 11 is 0. The molecule has 1 amide bonds. The molecule has 1 atom stereocenters. The van der Waals surface area contributed by atoms with E-state index in [9.17, 15) is 4.79 Å². The molecule has 1 spiro atoms. The average molecular weight is 392 g/mol. The van der Waals surface area contributed by atoms with Crippen molar-refractivity contribution >= 4 is 23.2 Å². The number of nitrogens with one attached hydrogen (secondary N) is 2. The van der Waals surface area contributed by atoms with E-state index in [4.69, 9.17) is 4.99 Å². The summed E-state index contributed by atoms with van der Waals surface area (Å²) < 4.78 is 0. The largest absolute Gasteiger partial charge is 0.370 e. The number of aromatic nitrogens is 1. The molecule has 0 radical (unpaired) electrons. The Balaban J connectivity index is 1.58. The maximum absolute atomic E-state index is 12.6. The number of likely N-dealkylation sites (tertiary alicyclic amines) is 1. The van der Waals surface area contributed by atoms with Crippen LogP contribution in [0.4, 0.5) is 11.5 Å². The number of aliphatic imine (C=N–C) groups is 1. The molecule has 1 fully saturated rings. The van der Waals surface area contributed by atoms with E-state index in [2.05, 4.69) is 34.7 Å². The highest BCUT2D eigenvalue weighted by molar-refractivity contribution is 6.08. The number of anilines is 2. The van der Waals surface area contributed by atoms with Crippen molar-refractivity contribution in [2.45, 2.75) is 45.2 Å². The van der Waals surface area contributed by atoms with Crippen LogP contribution in [0.2, 0.25) is 0 Å². The summed E-state index contributed by atoms with van der Waals surface area (Å²) in [6.07, 6.45) is 4.31. The minimum Gasteiger partial charge on any atom is -0.370 e. The Morgan fingerprint density at radius 3 is 2.69 bits per heavy atom. The molecule has 2 aliphatic rings. The zero-order chi connectivity index (χ0) is 20.3. The van der Waals surface area contributed by atoms with Crippen molar-refractivity contribution in [2.75, 3.05) is 23.7 Å². The van der Waals surface area contributed by atoms with Gasteiger partial charge in [0.1, 0.15) is 5.84 Å². The van der Waals surface area contributed by atoms with Crippen LogP contribution < -0.4 is 10.6 Å². The Labute approximate surface area is 172 Å². The fourth-order valence-corrected chi connectivity index (χ4v) is 4.06. The van der Waals surface area contributed by atoms with E-state index >= 15 is 0 Å². The molecule has 0 aliphatic carbocycles. The van der Waals surface area contributed by atoms with E-state index in [-0.39, 0.29) is 17.4 Å². The third-order valence-electron chi connectivity index (χ3n) is 6.10. The van der Waals surface area contributed by atoms with E-state index < -0.39 is 0 Å². The number of carbonyl (C=O) groups excluding carboxylic acids is 1. The van der Waals surface area contributed by atoms with Crippen LogP contribution in [0.25, 0.3) is 0 Å². The molecule has 152 valence electrons. The van der Waals surface area contributed by atoms with Gasteiger partial charge in [-0.05, 0) is 37.0 Å². The van der Waals surface area contributed by atoms with Crippen molar-refractivity contribution in [1.29, 1.82) is 0 Å². The van der Waals surface area contributed by atoms with Crippen molar-refractivity contribution in [3.63, 3.8) is 0 Å². The van der Waals surface area contributed by atoms with Crippen LogP contribution in [-0.2, 0) is 11.3 Å². The normalized spacial score (nSPS) is 19.9. The van der Waals surface area contributed by atoms with E-state index in [1.165, 1.54) is 5.56 Å². The lowest BCUT2D eigenvalue weighted by molar-refractivity contribution is -0.136. The van der Waals surface area contributed by atoms with E-state index in [1.54, 1.807) is 6.20 Å². The lowest BCUT2D eigenvalue weighted by atomic mass is 9.83. The number of hydrogen-bond acceptors (Lipinski definition) is 4. The first-order valence-electron chi connectivity index (χ1n) is 10.5. The summed E-state index contributed by atoms with van der Waals surface area (Å²) in [4.78, 5) is 24.1. The van der Waals surface area contributed by atoms with Gasteiger partial charge in [0.2, 0.25) is 5.91 Å². The second kappa shape index (κ2) is 8.23. The van der Waals surface area contributed by atoms with Crippen LogP contribution in [0, 0.1) is 5.92 Å². The summed E-state index contributed by atoms with van der Waals surface area (Å²) in [5.74, 6) is 2.07. The monoisotopic (exact) mass is 391 g/mol. The van der Waals surface area contributed by atoms with E-state index in [1.807, 2.05) is 42.2 Å². The average Bonchev–Trinajstić information content (AvgIpc) is 2.78. The summed E-state index contributed by atoms with van der Waals surface area (Å²) in [6.45, 7) is 6.17. The minimum atomic E-state index is -0.295. The second-order valence-corrected chi connectivity index (χ2v) is 8.02. The highest BCUT2D eigenvalue weighted by Crippen LogP contribution is 2.36. The Morgan fingerprint density at radius 1 is 1.21 bits per heavy atom. The van der Waals surface area contributed by atoms with Gasteiger partial charge in [-0.15, -0.1) is 0 Å². The number of hydrogen-bond donors (Lipinski definition) is 2. The number of fused-ring (bicyclic) bond motifs is 1. The first-order valence-corrected chi connectivity index (χ1v) is 10.5. The van der Waals surface area contributed by atoms with Crippen molar-refractivity contribution in [3.05, 3.63) is 54.2 Å². The van der Waals surface area contributed by atoms with E-state index in [0.29, 0.717) is 6.54 Å². The van der Waals surface area contributed by atoms with Gasteiger partial charge in [0.15, 0.2) is 5.82 Å². The zero-order valence-electron chi connectivity index (χ0n) is 17.2. The molecular weight excluding hydrogens is 362 g/mol. The third kappa shape index (κ3) is 3.97. The standard InChI is InChI=1S/C23H29N5O/c1-3-17(2)21(29)28-14-11-23(12-15-28)22(25-16-18-8-5-4-6-9-18)26-20-19(27-23)10-7-13-24-20/h4-10,13,17,27H,3,11-12,14-16H2,1-2H3,(H,24,25,26)/t17-/m0/s1. The molecule has 2 aliphatic heterocycles. The van der Waals surface area contributed by atoms with Gasteiger partial charge >= 0.3 is 0 Å². The molecule has 0 saturated carbocycles. The third-order valence-corrected chi connectivity index (χ3v) is 6.10. The Bertz CT molecular complexity index is 887. The molecule has 0 unspecified atom stereocenters. The molecule has 4 rings (SSSR count). The Morgan fingerprint density at radius 2 is 1.97 bits per heavy atom. The fraction of sp³-hybridized carbons (Fsp3) is 0.435. The molecule has 2 aromatic rings. The maximum atomic E-state index is 12.6. The second-order valence-electron chi connectivity index (χ2n) is 8.02. The quantitative estimate of drug-likeness (QED) is 0.829. The van der Waals surface area contributed by atoms with Gasteiger partial charge in [0.05, 0.1) is 17.8 Å². The lowest BCUT2D eigenvalue weighted by Gasteiger charge is -2.46. The van der Waals surface area contributed by atoms with Gasteiger partial charge < -0.3 is 15.5 Å². The number of nitrogens with zero attached hydrogens (tertiary/aromatic N) is 3. The van der Waals surface area contributed by atoms with Crippen LogP contribution in [0.1, 0.15) is 38.7 Å².